The second-order valence-corrected chi connectivity index (χ2v) is 7.87. The Morgan fingerprint density at radius 2 is 2.12 bits per heavy atom. The van der Waals surface area contributed by atoms with Gasteiger partial charge in [-0.05, 0) is 37.5 Å². The van der Waals surface area contributed by atoms with Crippen LogP contribution in [0.25, 0.3) is 0 Å². The van der Waals surface area contributed by atoms with Crippen LogP contribution >= 0.6 is 0 Å². The van der Waals surface area contributed by atoms with Crippen molar-refractivity contribution in [1.29, 1.82) is 0 Å². The summed E-state index contributed by atoms with van der Waals surface area (Å²) >= 11 is 0. The van der Waals surface area contributed by atoms with Crippen LogP contribution in [-0.2, 0) is 20.9 Å². The molecule has 1 aromatic carbocycles. The van der Waals surface area contributed by atoms with Gasteiger partial charge in [0.15, 0.2) is 0 Å². The van der Waals surface area contributed by atoms with Gasteiger partial charge >= 0.3 is 0 Å². The third-order valence-electron chi connectivity index (χ3n) is 6.26. The number of likely N-dealkylation sites (tertiary alicyclic amines) is 1. The van der Waals surface area contributed by atoms with Crippen LogP contribution in [0.2, 0.25) is 0 Å². The Morgan fingerprint density at radius 3 is 2.81 bits per heavy atom. The predicted octanol–water partition coefficient (Wildman–Crippen LogP) is 2.06. The smallest absolute Gasteiger partial charge is 0.230 e. The van der Waals surface area contributed by atoms with Crippen molar-refractivity contribution in [2.75, 3.05) is 20.1 Å². The van der Waals surface area contributed by atoms with Crippen LogP contribution in [0, 0.1) is 25.7 Å². The first-order valence-electron chi connectivity index (χ1n) is 9.33. The number of fused-ring (bicyclic) bond motifs is 1. The lowest BCUT2D eigenvalue weighted by molar-refractivity contribution is -0.142. The molecule has 5 heteroatoms. The Morgan fingerprint density at radius 1 is 1.35 bits per heavy atom. The Hall–Kier alpha value is -2.14. The molecule has 2 bridgehead atoms. The van der Waals surface area contributed by atoms with Gasteiger partial charge in [-0.15, -0.1) is 0 Å². The normalized spacial score (nSPS) is 31.6. The van der Waals surface area contributed by atoms with Crippen LogP contribution in [0.3, 0.4) is 0 Å². The molecule has 0 N–H and O–H groups in total. The molecule has 5 nitrogen and oxygen atoms in total. The van der Waals surface area contributed by atoms with Gasteiger partial charge in [-0.2, -0.15) is 0 Å². The number of aryl methyl sites for hydroxylation is 2. The maximum Gasteiger partial charge on any atom is 0.230 e. The molecule has 3 heterocycles. The number of ether oxygens (including phenoxy) is 1. The minimum atomic E-state index is -0.629. The van der Waals surface area contributed by atoms with Gasteiger partial charge in [0.25, 0.3) is 0 Å². The highest BCUT2D eigenvalue weighted by Gasteiger charge is 2.66. The summed E-state index contributed by atoms with van der Waals surface area (Å²) in [4.78, 5) is 29.6. The van der Waals surface area contributed by atoms with Crippen LogP contribution in [0.15, 0.2) is 30.4 Å². The minimum Gasteiger partial charge on any atom is -0.360 e. The Kier molecular flexibility index (Phi) is 3.95. The van der Waals surface area contributed by atoms with E-state index < -0.39 is 17.4 Å². The molecule has 2 amide bonds. The van der Waals surface area contributed by atoms with E-state index in [-0.39, 0.29) is 17.9 Å². The fraction of sp³-hybridized carbons (Fsp3) is 0.524. The molecular weight excluding hydrogens is 328 g/mol. The highest BCUT2D eigenvalue weighted by atomic mass is 16.5. The van der Waals surface area contributed by atoms with Crippen molar-refractivity contribution in [2.45, 2.75) is 39.0 Å². The van der Waals surface area contributed by atoms with Crippen molar-refractivity contribution in [3.63, 3.8) is 0 Å². The van der Waals surface area contributed by atoms with Crippen LogP contribution in [0.4, 0.5) is 0 Å². The van der Waals surface area contributed by atoms with Gasteiger partial charge in [-0.25, -0.2) is 0 Å². The quantitative estimate of drug-likeness (QED) is 0.778. The van der Waals surface area contributed by atoms with Gasteiger partial charge in [0.1, 0.15) is 5.60 Å². The molecule has 138 valence electrons. The predicted molar refractivity (Wildman–Crippen MR) is 98.4 cm³/mol. The van der Waals surface area contributed by atoms with Crippen molar-refractivity contribution in [3.8, 4) is 0 Å². The average molecular weight is 354 g/mol. The summed E-state index contributed by atoms with van der Waals surface area (Å²) in [5.41, 5.74) is 2.96. The maximum absolute atomic E-state index is 13.2. The summed E-state index contributed by atoms with van der Waals surface area (Å²) in [7, 11) is 1.79. The third-order valence-corrected chi connectivity index (χ3v) is 6.26. The first-order chi connectivity index (χ1) is 12.4. The summed E-state index contributed by atoms with van der Waals surface area (Å²) in [6, 6.07) is 6.30. The third kappa shape index (κ3) is 2.41. The maximum atomic E-state index is 13.2. The summed E-state index contributed by atoms with van der Waals surface area (Å²) in [5.74, 6) is -0.749. The fourth-order valence-corrected chi connectivity index (χ4v) is 4.53. The molecule has 0 aromatic heterocycles. The molecule has 1 aromatic rings. The van der Waals surface area contributed by atoms with Crippen LogP contribution in [0.1, 0.15) is 23.6 Å². The lowest BCUT2D eigenvalue weighted by Crippen LogP contribution is -2.44. The minimum absolute atomic E-state index is 0.00936. The van der Waals surface area contributed by atoms with Crippen LogP contribution in [-0.4, -0.2) is 53.5 Å². The second-order valence-electron chi connectivity index (χ2n) is 7.87. The van der Waals surface area contributed by atoms with E-state index in [1.165, 1.54) is 11.1 Å². The van der Waals surface area contributed by atoms with Crippen molar-refractivity contribution in [2.24, 2.45) is 11.8 Å². The lowest BCUT2D eigenvalue weighted by Gasteiger charge is -2.27. The van der Waals surface area contributed by atoms with E-state index in [9.17, 15) is 9.59 Å². The molecule has 26 heavy (non-hydrogen) atoms. The Labute approximate surface area is 154 Å². The molecule has 0 aliphatic carbocycles. The monoisotopic (exact) mass is 354 g/mol. The van der Waals surface area contributed by atoms with E-state index in [1.54, 1.807) is 11.9 Å². The molecule has 0 unspecified atom stereocenters. The fourth-order valence-electron chi connectivity index (χ4n) is 4.53. The number of carbonyl (C=O) groups excluding carboxylic acids is 2. The van der Waals surface area contributed by atoms with Crippen LogP contribution < -0.4 is 0 Å². The van der Waals surface area contributed by atoms with E-state index in [2.05, 4.69) is 32.0 Å². The largest absolute Gasteiger partial charge is 0.360 e. The first-order valence-corrected chi connectivity index (χ1v) is 9.33. The molecule has 1 spiro atoms. The molecule has 3 aliphatic rings. The number of hydrogen-bond donors (Lipinski definition) is 0. The number of benzene rings is 1. The molecule has 4 atom stereocenters. The summed E-state index contributed by atoms with van der Waals surface area (Å²) in [6.07, 6.45) is 3.71. The van der Waals surface area contributed by atoms with E-state index in [0.29, 0.717) is 19.6 Å². The summed E-state index contributed by atoms with van der Waals surface area (Å²) < 4.78 is 6.17. The summed E-state index contributed by atoms with van der Waals surface area (Å²) in [5, 5.41) is 0. The molecule has 2 saturated heterocycles. The topological polar surface area (TPSA) is 49.9 Å². The number of carbonyl (C=O) groups is 2. The van der Waals surface area contributed by atoms with E-state index in [1.807, 2.05) is 24.0 Å². The molecule has 2 fully saturated rings. The number of rotatable bonds is 4. The highest BCUT2D eigenvalue weighted by molar-refractivity contribution is 5.93. The van der Waals surface area contributed by atoms with E-state index >= 15 is 0 Å². The van der Waals surface area contributed by atoms with Gasteiger partial charge in [0.2, 0.25) is 11.8 Å². The van der Waals surface area contributed by atoms with Crippen LogP contribution in [0.5, 0.6) is 0 Å². The lowest BCUT2D eigenvalue weighted by atomic mass is 9.76. The van der Waals surface area contributed by atoms with Gasteiger partial charge < -0.3 is 14.5 Å². The SMILES string of the molecule is CCN(C)C(=O)[C@H]1[C@@H]2C=C[C@@]3(CN(Cc4ccc(C)c(C)c4)C(=O)[C@@H]13)O2. The molecule has 3 aliphatic heterocycles. The van der Waals surface area contributed by atoms with Gasteiger partial charge in [0, 0.05) is 20.1 Å². The van der Waals surface area contributed by atoms with Crippen molar-refractivity contribution in [3.05, 3.63) is 47.0 Å². The molecule has 0 radical (unpaired) electrons. The van der Waals surface area contributed by atoms with Gasteiger partial charge in [0.05, 0.1) is 24.5 Å². The van der Waals surface area contributed by atoms with Crippen molar-refractivity contribution >= 4 is 11.8 Å². The second kappa shape index (κ2) is 5.95. The van der Waals surface area contributed by atoms with E-state index in [0.717, 1.165) is 5.56 Å². The summed E-state index contributed by atoms with van der Waals surface area (Å²) in [6.45, 7) is 7.83. The zero-order chi connectivity index (χ0) is 18.6. The van der Waals surface area contributed by atoms with Crippen molar-refractivity contribution < 1.29 is 14.3 Å². The van der Waals surface area contributed by atoms with Gasteiger partial charge in [-0.1, -0.05) is 30.4 Å². The Bertz CT molecular complexity index is 802. The molecule has 4 rings (SSSR count). The average Bonchev–Trinajstić information content (AvgIpc) is 3.25. The molecule has 0 saturated carbocycles. The zero-order valence-corrected chi connectivity index (χ0v) is 15.9. The first kappa shape index (κ1) is 17.3. The number of amides is 2. The highest BCUT2D eigenvalue weighted by Crippen LogP contribution is 2.52. The Balaban J connectivity index is 1.59. The zero-order valence-electron chi connectivity index (χ0n) is 15.9. The standard InChI is InChI=1S/C21H26N2O3/c1-5-22(4)19(24)17-16-8-9-21(26-16)12-23(20(25)18(17)21)11-15-7-6-13(2)14(3)10-15/h6-10,16-18H,5,11-12H2,1-4H3/t16-,17-,18+,21-/m0/s1. The van der Waals surface area contributed by atoms with Gasteiger partial charge in [-0.3, -0.25) is 9.59 Å². The van der Waals surface area contributed by atoms with Crippen molar-refractivity contribution in [1.82, 2.24) is 9.80 Å². The molecular formula is C21H26N2O3. The number of hydrogen-bond acceptors (Lipinski definition) is 3. The van der Waals surface area contributed by atoms with E-state index in [4.69, 9.17) is 4.74 Å². The number of nitrogens with zero attached hydrogens (tertiary/aromatic N) is 2.